The van der Waals surface area contributed by atoms with E-state index in [9.17, 15) is 12.8 Å². The van der Waals surface area contributed by atoms with Crippen molar-refractivity contribution in [1.29, 1.82) is 0 Å². The number of hydrogen-bond acceptors (Lipinski definition) is 5. The van der Waals surface area contributed by atoms with Crippen LogP contribution >= 0.6 is 35.7 Å². The second kappa shape index (κ2) is 12.8. The van der Waals surface area contributed by atoms with Crippen LogP contribution in [0.5, 0.6) is 5.75 Å². The predicted octanol–water partition coefficient (Wildman–Crippen LogP) is 2.23. The number of rotatable bonds is 8. The molecule has 0 aromatic heterocycles. The fourth-order valence-corrected chi connectivity index (χ4v) is 5.30. The Kier molecular flexibility index (Phi) is 11.6. The molecule has 1 heterocycles. The summed E-state index contributed by atoms with van der Waals surface area (Å²) in [7, 11) is -0.0279. The maximum Gasteiger partial charge on any atom is 0.215 e. The molecule has 0 saturated carbocycles. The van der Waals surface area contributed by atoms with Crippen molar-refractivity contribution in [2.45, 2.75) is 13.5 Å². The zero-order valence-corrected chi connectivity index (χ0v) is 21.0. The van der Waals surface area contributed by atoms with Crippen LogP contribution in [0.1, 0.15) is 12.5 Å². The van der Waals surface area contributed by atoms with Crippen LogP contribution in [0.25, 0.3) is 0 Å². The summed E-state index contributed by atoms with van der Waals surface area (Å²) in [6.07, 6.45) is 0. The smallest absolute Gasteiger partial charge is 0.215 e. The van der Waals surface area contributed by atoms with Crippen LogP contribution in [-0.4, -0.2) is 81.2 Å². The molecule has 0 unspecified atom stereocenters. The maximum atomic E-state index is 13.9. The normalized spacial score (nSPS) is 15.5. The average molecular weight is 560 g/mol. The van der Waals surface area contributed by atoms with Crippen molar-refractivity contribution in [3.63, 3.8) is 0 Å². The van der Waals surface area contributed by atoms with Gasteiger partial charge in [-0.05, 0) is 24.6 Å². The van der Waals surface area contributed by atoms with E-state index in [0.29, 0.717) is 32.1 Å². The number of ether oxygens (including phenoxy) is 1. The molecule has 2 rings (SSSR count). The van der Waals surface area contributed by atoms with E-state index in [0.717, 1.165) is 17.1 Å². The lowest BCUT2D eigenvalue weighted by molar-refractivity contribution is 0.385. The zero-order valence-electron chi connectivity index (χ0n) is 17.1. The summed E-state index contributed by atoms with van der Waals surface area (Å²) in [6, 6.07) is 4.81. The summed E-state index contributed by atoms with van der Waals surface area (Å²) in [6.45, 7) is 4.34. The van der Waals surface area contributed by atoms with Gasteiger partial charge in [-0.25, -0.2) is 17.1 Å². The zero-order chi connectivity index (χ0) is 20.6. The molecule has 7 nitrogen and oxygen atoms in total. The Bertz CT molecular complexity index is 774. The molecular weight excluding hydrogens is 530 g/mol. The minimum atomic E-state index is -3.29. The van der Waals surface area contributed by atoms with Crippen LogP contribution in [0, 0.1) is 5.82 Å². The van der Waals surface area contributed by atoms with Gasteiger partial charge in [-0.2, -0.15) is 11.8 Å². The molecule has 166 valence electrons. The second-order valence-corrected chi connectivity index (χ2v) is 9.70. The molecule has 0 bridgehead atoms. The van der Waals surface area contributed by atoms with Crippen LogP contribution in [-0.2, 0) is 16.6 Å². The molecule has 1 aliphatic rings. The van der Waals surface area contributed by atoms with Gasteiger partial charge in [-0.1, -0.05) is 6.07 Å². The molecule has 0 radical (unpaired) electrons. The van der Waals surface area contributed by atoms with Crippen molar-refractivity contribution in [2.24, 2.45) is 4.99 Å². The van der Waals surface area contributed by atoms with Gasteiger partial charge in [-0.15, -0.1) is 24.0 Å². The van der Waals surface area contributed by atoms with Crippen molar-refractivity contribution >= 4 is 51.7 Å². The SMILES string of the molecule is CCNC(=NCCS(=O)(=O)N1CCSCC1)N(C)Cc1ccc(OC)c(F)c1.I. The summed E-state index contributed by atoms with van der Waals surface area (Å²) >= 11 is 1.77. The lowest BCUT2D eigenvalue weighted by Crippen LogP contribution is -2.41. The molecule has 1 aromatic carbocycles. The molecule has 0 atom stereocenters. The van der Waals surface area contributed by atoms with Gasteiger partial charge in [-0.3, -0.25) is 4.99 Å². The molecule has 1 fully saturated rings. The van der Waals surface area contributed by atoms with E-state index in [1.807, 2.05) is 18.9 Å². The Morgan fingerprint density at radius 1 is 1.38 bits per heavy atom. The average Bonchev–Trinajstić information content (AvgIpc) is 2.68. The summed E-state index contributed by atoms with van der Waals surface area (Å²) < 4.78 is 45.3. The monoisotopic (exact) mass is 560 g/mol. The first-order chi connectivity index (χ1) is 13.4. The van der Waals surface area contributed by atoms with Gasteiger partial charge < -0.3 is 15.0 Å². The molecule has 0 aliphatic carbocycles. The van der Waals surface area contributed by atoms with Crippen LogP contribution in [0.4, 0.5) is 4.39 Å². The lowest BCUT2D eigenvalue weighted by atomic mass is 10.2. The molecule has 0 amide bonds. The van der Waals surface area contributed by atoms with E-state index in [2.05, 4.69) is 10.3 Å². The predicted molar refractivity (Wildman–Crippen MR) is 128 cm³/mol. The Hall–Kier alpha value is -0.790. The van der Waals surface area contributed by atoms with E-state index < -0.39 is 15.8 Å². The van der Waals surface area contributed by atoms with E-state index in [-0.39, 0.29) is 42.0 Å². The first kappa shape index (κ1) is 26.2. The first-order valence-corrected chi connectivity index (χ1v) is 12.0. The van der Waals surface area contributed by atoms with Crippen LogP contribution in [0.15, 0.2) is 23.2 Å². The third-order valence-corrected chi connectivity index (χ3v) is 7.10. The van der Waals surface area contributed by atoms with E-state index in [1.165, 1.54) is 13.2 Å². The van der Waals surface area contributed by atoms with Crippen LogP contribution < -0.4 is 10.1 Å². The highest BCUT2D eigenvalue weighted by Gasteiger charge is 2.23. The van der Waals surface area contributed by atoms with Gasteiger partial charge in [0.1, 0.15) is 0 Å². The molecule has 1 N–H and O–H groups in total. The summed E-state index contributed by atoms with van der Waals surface area (Å²) in [4.78, 5) is 6.29. The van der Waals surface area contributed by atoms with E-state index in [1.54, 1.807) is 28.2 Å². The fraction of sp³-hybridized carbons (Fsp3) is 0.611. The number of benzene rings is 1. The summed E-state index contributed by atoms with van der Waals surface area (Å²) in [5.74, 6) is 2.04. The van der Waals surface area contributed by atoms with Crippen LogP contribution in [0.2, 0.25) is 0 Å². The maximum absolute atomic E-state index is 13.9. The van der Waals surface area contributed by atoms with Gasteiger partial charge in [0.05, 0.1) is 19.4 Å². The van der Waals surface area contributed by atoms with E-state index in [4.69, 9.17) is 4.74 Å². The van der Waals surface area contributed by atoms with Crippen molar-refractivity contribution < 1.29 is 17.5 Å². The number of hydrogen-bond donors (Lipinski definition) is 1. The third-order valence-electron chi connectivity index (χ3n) is 4.31. The first-order valence-electron chi connectivity index (χ1n) is 9.24. The van der Waals surface area contributed by atoms with Gasteiger partial charge in [0.2, 0.25) is 10.0 Å². The standard InChI is InChI=1S/C18H29FN4O3S2.HI/c1-4-20-18(21-7-12-28(24,25)23-8-10-27-11-9-23)22(2)14-15-5-6-17(26-3)16(19)13-15;/h5-6,13H,4,7-12,14H2,1-3H3,(H,20,21);1H. The summed E-state index contributed by atoms with van der Waals surface area (Å²) in [5.41, 5.74) is 0.768. The number of methoxy groups -OCH3 is 1. The number of sulfonamides is 1. The molecule has 1 saturated heterocycles. The van der Waals surface area contributed by atoms with Gasteiger partial charge in [0.25, 0.3) is 0 Å². The highest BCUT2D eigenvalue weighted by Crippen LogP contribution is 2.18. The molecule has 1 aliphatic heterocycles. The molecular formula is C18H30FIN4O3S2. The van der Waals surface area contributed by atoms with Crippen molar-refractivity contribution in [3.05, 3.63) is 29.6 Å². The minimum absolute atomic E-state index is 0. The number of nitrogens with one attached hydrogen (secondary N) is 1. The van der Waals surface area contributed by atoms with Crippen molar-refractivity contribution in [1.82, 2.24) is 14.5 Å². The molecule has 0 spiro atoms. The Balaban J connectivity index is 0.00000420. The number of nitrogens with zero attached hydrogens (tertiary/aromatic N) is 3. The molecule has 11 heteroatoms. The number of aliphatic imine (C=N–C) groups is 1. The highest BCUT2D eigenvalue weighted by molar-refractivity contribution is 14.0. The Labute approximate surface area is 194 Å². The fourth-order valence-electron chi connectivity index (χ4n) is 2.85. The van der Waals surface area contributed by atoms with Gasteiger partial charge in [0.15, 0.2) is 17.5 Å². The Morgan fingerprint density at radius 3 is 2.66 bits per heavy atom. The van der Waals surface area contributed by atoms with Crippen molar-refractivity contribution in [3.8, 4) is 5.75 Å². The van der Waals surface area contributed by atoms with Crippen LogP contribution in [0.3, 0.4) is 0 Å². The number of guanidine groups is 1. The van der Waals surface area contributed by atoms with E-state index >= 15 is 0 Å². The largest absolute Gasteiger partial charge is 0.494 e. The minimum Gasteiger partial charge on any atom is -0.494 e. The van der Waals surface area contributed by atoms with Crippen molar-refractivity contribution in [2.75, 3.05) is 57.6 Å². The second-order valence-electron chi connectivity index (χ2n) is 6.39. The Morgan fingerprint density at radius 2 is 2.07 bits per heavy atom. The highest BCUT2D eigenvalue weighted by atomic mass is 127. The third kappa shape index (κ3) is 8.10. The molecule has 1 aromatic rings. The molecule has 29 heavy (non-hydrogen) atoms. The number of thioether (sulfide) groups is 1. The quantitative estimate of drug-likeness (QED) is 0.299. The lowest BCUT2D eigenvalue weighted by Gasteiger charge is -2.25. The van der Waals surface area contributed by atoms with Gasteiger partial charge >= 0.3 is 0 Å². The van der Waals surface area contributed by atoms with Gasteiger partial charge in [0, 0.05) is 44.7 Å². The summed E-state index contributed by atoms with van der Waals surface area (Å²) in [5, 5.41) is 3.15. The topological polar surface area (TPSA) is 74.2 Å². The number of halogens is 2.